The van der Waals surface area contributed by atoms with E-state index in [2.05, 4.69) is 24.0 Å². The van der Waals surface area contributed by atoms with E-state index in [0.717, 1.165) is 23.4 Å². The monoisotopic (exact) mass is 356 g/mol. The average molecular weight is 356 g/mol. The molecule has 25 heavy (non-hydrogen) atoms. The highest BCUT2D eigenvalue weighted by Crippen LogP contribution is 2.25. The Morgan fingerprint density at radius 3 is 2.56 bits per heavy atom. The standard InChI is InChI=1S/C19H20N2O3S/c1-14-8-9-18(25-14)13-20(12-17-6-4-10-24-17)11-16-5-3-7-19(15(16)2)21(22)23/h3-10H,11-13H2,1-2H3. The molecule has 0 aliphatic carbocycles. The van der Waals surface area contributed by atoms with Crippen LogP contribution in [0.5, 0.6) is 0 Å². The molecule has 0 N–H and O–H groups in total. The van der Waals surface area contributed by atoms with E-state index >= 15 is 0 Å². The Balaban J connectivity index is 1.84. The zero-order valence-corrected chi connectivity index (χ0v) is 15.1. The van der Waals surface area contributed by atoms with Crippen molar-refractivity contribution in [1.82, 2.24) is 4.90 Å². The fourth-order valence-corrected chi connectivity index (χ4v) is 3.79. The van der Waals surface area contributed by atoms with E-state index in [1.54, 1.807) is 29.7 Å². The van der Waals surface area contributed by atoms with Crippen LogP contribution >= 0.6 is 11.3 Å². The van der Waals surface area contributed by atoms with Crippen LogP contribution in [0, 0.1) is 24.0 Å². The molecule has 3 rings (SSSR count). The Kier molecular flexibility index (Phi) is 5.31. The first-order valence-corrected chi connectivity index (χ1v) is 8.87. The Labute approximate surface area is 150 Å². The molecule has 0 radical (unpaired) electrons. The SMILES string of the molecule is Cc1ccc(CN(Cc2ccco2)Cc2cccc([N+](=O)[O-])c2C)s1. The van der Waals surface area contributed by atoms with Crippen LogP contribution in [-0.2, 0) is 19.6 Å². The number of thiophene rings is 1. The lowest BCUT2D eigenvalue weighted by Gasteiger charge is -2.21. The maximum Gasteiger partial charge on any atom is 0.272 e. The number of nitro groups is 1. The normalized spacial score (nSPS) is 11.2. The van der Waals surface area contributed by atoms with Crippen LogP contribution in [-0.4, -0.2) is 9.82 Å². The van der Waals surface area contributed by atoms with Crippen molar-refractivity contribution in [2.75, 3.05) is 0 Å². The predicted molar refractivity (Wildman–Crippen MR) is 98.5 cm³/mol. The maximum atomic E-state index is 11.2. The first kappa shape index (κ1) is 17.4. The summed E-state index contributed by atoms with van der Waals surface area (Å²) in [5.74, 6) is 0.886. The van der Waals surface area contributed by atoms with Crippen LogP contribution in [0.1, 0.15) is 26.6 Å². The molecule has 1 aromatic carbocycles. The quantitative estimate of drug-likeness (QED) is 0.438. The van der Waals surface area contributed by atoms with Crippen LogP contribution in [0.25, 0.3) is 0 Å². The Bertz CT molecular complexity index is 855. The number of rotatable bonds is 7. The second kappa shape index (κ2) is 7.63. The number of benzene rings is 1. The summed E-state index contributed by atoms with van der Waals surface area (Å²) in [6, 6.07) is 13.3. The number of nitro benzene ring substituents is 1. The average Bonchev–Trinajstić information content (AvgIpc) is 3.21. The summed E-state index contributed by atoms with van der Waals surface area (Å²) in [5, 5.41) is 11.2. The highest BCUT2D eigenvalue weighted by Gasteiger charge is 2.17. The smallest absolute Gasteiger partial charge is 0.272 e. The van der Waals surface area contributed by atoms with Gasteiger partial charge in [0.25, 0.3) is 5.69 Å². The molecular formula is C19H20N2O3S. The van der Waals surface area contributed by atoms with Gasteiger partial charge in [0.15, 0.2) is 0 Å². The zero-order valence-electron chi connectivity index (χ0n) is 14.3. The van der Waals surface area contributed by atoms with Crippen molar-refractivity contribution < 1.29 is 9.34 Å². The Hall–Kier alpha value is -2.44. The summed E-state index contributed by atoms with van der Waals surface area (Å²) < 4.78 is 5.49. The maximum absolute atomic E-state index is 11.2. The molecule has 0 fully saturated rings. The van der Waals surface area contributed by atoms with Gasteiger partial charge in [0.1, 0.15) is 5.76 Å². The molecule has 6 heteroatoms. The second-order valence-electron chi connectivity index (χ2n) is 6.06. The minimum Gasteiger partial charge on any atom is -0.468 e. The summed E-state index contributed by atoms with van der Waals surface area (Å²) >= 11 is 1.77. The molecular weight excluding hydrogens is 336 g/mol. The third kappa shape index (κ3) is 4.35. The first-order valence-electron chi connectivity index (χ1n) is 8.06. The van der Waals surface area contributed by atoms with Gasteiger partial charge >= 0.3 is 0 Å². The molecule has 0 amide bonds. The van der Waals surface area contributed by atoms with Crippen LogP contribution < -0.4 is 0 Å². The Morgan fingerprint density at radius 1 is 1.08 bits per heavy atom. The first-order chi connectivity index (χ1) is 12.0. The van der Waals surface area contributed by atoms with Gasteiger partial charge in [-0.25, -0.2) is 0 Å². The van der Waals surface area contributed by atoms with Gasteiger partial charge in [-0.2, -0.15) is 0 Å². The van der Waals surface area contributed by atoms with Crippen molar-refractivity contribution in [3.05, 3.63) is 85.5 Å². The van der Waals surface area contributed by atoms with Gasteiger partial charge in [0, 0.05) is 34.5 Å². The van der Waals surface area contributed by atoms with Crippen molar-refractivity contribution >= 4 is 17.0 Å². The van der Waals surface area contributed by atoms with Gasteiger partial charge in [-0.15, -0.1) is 11.3 Å². The lowest BCUT2D eigenvalue weighted by molar-refractivity contribution is -0.385. The van der Waals surface area contributed by atoms with Gasteiger partial charge in [-0.3, -0.25) is 15.0 Å². The van der Waals surface area contributed by atoms with Crippen LogP contribution in [0.2, 0.25) is 0 Å². The number of furan rings is 1. The van der Waals surface area contributed by atoms with E-state index < -0.39 is 0 Å². The lowest BCUT2D eigenvalue weighted by Crippen LogP contribution is -2.22. The third-order valence-electron chi connectivity index (χ3n) is 4.14. The summed E-state index contributed by atoms with van der Waals surface area (Å²) in [7, 11) is 0. The van der Waals surface area contributed by atoms with Gasteiger partial charge in [-0.1, -0.05) is 12.1 Å². The van der Waals surface area contributed by atoms with Crippen LogP contribution in [0.4, 0.5) is 5.69 Å². The van der Waals surface area contributed by atoms with E-state index in [4.69, 9.17) is 4.42 Å². The van der Waals surface area contributed by atoms with Gasteiger partial charge in [-0.05, 0) is 43.7 Å². The van der Waals surface area contributed by atoms with Gasteiger partial charge < -0.3 is 4.42 Å². The zero-order chi connectivity index (χ0) is 17.8. The van der Waals surface area contributed by atoms with Crippen LogP contribution in [0.15, 0.2) is 53.1 Å². The molecule has 0 atom stereocenters. The highest BCUT2D eigenvalue weighted by atomic mass is 32.1. The highest BCUT2D eigenvalue weighted by molar-refractivity contribution is 7.11. The molecule has 0 saturated carbocycles. The fraction of sp³-hybridized carbons (Fsp3) is 0.263. The summed E-state index contributed by atoms with van der Waals surface area (Å²) in [5.41, 5.74) is 1.86. The topological polar surface area (TPSA) is 59.5 Å². The van der Waals surface area contributed by atoms with E-state index in [0.29, 0.717) is 13.1 Å². The molecule has 0 spiro atoms. The van der Waals surface area contributed by atoms with Crippen molar-refractivity contribution in [2.45, 2.75) is 33.5 Å². The van der Waals surface area contributed by atoms with E-state index in [9.17, 15) is 10.1 Å². The summed E-state index contributed by atoms with van der Waals surface area (Å²) in [6.07, 6.45) is 1.67. The molecule has 0 unspecified atom stereocenters. The number of hydrogen-bond acceptors (Lipinski definition) is 5. The minimum atomic E-state index is -0.321. The molecule has 5 nitrogen and oxygen atoms in total. The molecule has 0 saturated heterocycles. The number of nitrogens with zero attached hydrogens (tertiary/aromatic N) is 2. The van der Waals surface area contributed by atoms with Crippen molar-refractivity contribution in [1.29, 1.82) is 0 Å². The minimum absolute atomic E-state index is 0.169. The third-order valence-corrected chi connectivity index (χ3v) is 5.13. The van der Waals surface area contributed by atoms with Gasteiger partial charge in [0.05, 0.1) is 17.7 Å². The fourth-order valence-electron chi connectivity index (χ4n) is 2.86. The van der Waals surface area contributed by atoms with Crippen molar-refractivity contribution in [3.63, 3.8) is 0 Å². The molecule has 0 aliphatic heterocycles. The van der Waals surface area contributed by atoms with E-state index in [-0.39, 0.29) is 10.6 Å². The van der Waals surface area contributed by atoms with Crippen LogP contribution in [0.3, 0.4) is 0 Å². The number of aryl methyl sites for hydroxylation is 1. The van der Waals surface area contributed by atoms with Crippen molar-refractivity contribution in [2.24, 2.45) is 0 Å². The van der Waals surface area contributed by atoms with Crippen molar-refractivity contribution in [3.8, 4) is 0 Å². The van der Waals surface area contributed by atoms with E-state index in [1.165, 1.54) is 9.75 Å². The molecule has 0 bridgehead atoms. The molecule has 0 aliphatic rings. The Morgan fingerprint density at radius 2 is 1.92 bits per heavy atom. The predicted octanol–water partition coefficient (Wildman–Crippen LogP) is 5.07. The van der Waals surface area contributed by atoms with E-state index in [1.807, 2.05) is 25.1 Å². The molecule has 2 heterocycles. The summed E-state index contributed by atoms with van der Waals surface area (Å²) in [6.45, 7) is 5.97. The molecule has 3 aromatic rings. The largest absolute Gasteiger partial charge is 0.468 e. The second-order valence-corrected chi connectivity index (χ2v) is 7.43. The molecule has 2 aromatic heterocycles. The molecule has 130 valence electrons. The number of hydrogen-bond donors (Lipinski definition) is 0. The van der Waals surface area contributed by atoms with Gasteiger partial charge in [0.2, 0.25) is 0 Å². The summed E-state index contributed by atoms with van der Waals surface area (Å²) in [4.78, 5) is 15.7. The lowest BCUT2D eigenvalue weighted by atomic mass is 10.1.